The van der Waals surface area contributed by atoms with Gasteiger partial charge in [-0.1, -0.05) is 0 Å². The van der Waals surface area contributed by atoms with Crippen molar-refractivity contribution in [2.24, 2.45) is 0 Å². The Kier molecular flexibility index (Phi) is 4.81. The van der Waals surface area contributed by atoms with Gasteiger partial charge < -0.3 is 15.1 Å². The van der Waals surface area contributed by atoms with Crippen LogP contribution in [0.2, 0.25) is 0 Å². The quantitative estimate of drug-likeness (QED) is 0.568. The first-order valence-electron chi connectivity index (χ1n) is 3.57. The fourth-order valence-electron chi connectivity index (χ4n) is 0.635. The lowest BCUT2D eigenvalue weighted by atomic mass is 10.2. The van der Waals surface area contributed by atoms with E-state index >= 15 is 0 Å². The molecule has 0 aromatic carbocycles. The normalized spacial score (nSPS) is 12.7. The van der Waals surface area contributed by atoms with Gasteiger partial charge in [-0.2, -0.15) is 0 Å². The van der Waals surface area contributed by atoms with Crippen molar-refractivity contribution < 1.29 is 15.0 Å². The van der Waals surface area contributed by atoms with Crippen LogP contribution in [0.3, 0.4) is 0 Å². The zero-order valence-electron chi connectivity index (χ0n) is 6.95. The van der Waals surface area contributed by atoms with Gasteiger partial charge in [0.1, 0.15) is 0 Å². The van der Waals surface area contributed by atoms with Crippen molar-refractivity contribution in [2.75, 3.05) is 20.7 Å². The summed E-state index contributed by atoms with van der Waals surface area (Å²) in [4.78, 5) is 12.3. The number of nitrogens with zero attached hydrogens (tertiary/aromatic N) is 1. The number of carbonyl (C=O) groups is 1. The first-order valence-corrected chi connectivity index (χ1v) is 3.57. The van der Waals surface area contributed by atoms with E-state index in [0.29, 0.717) is 0 Å². The highest BCUT2D eigenvalue weighted by Crippen LogP contribution is 1.98. The topological polar surface area (TPSA) is 60.8 Å². The SMILES string of the molecule is CN(C)C(=O)CC(O)CCO. The van der Waals surface area contributed by atoms with Crippen molar-refractivity contribution in [3.05, 3.63) is 0 Å². The summed E-state index contributed by atoms with van der Waals surface area (Å²) >= 11 is 0. The zero-order valence-corrected chi connectivity index (χ0v) is 6.95. The minimum atomic E-state index is -0.713. The van der Waals surface area contributed by atoms with Crippen LogP contribution in [0.15, 0.2) is 0 Å². The molecule has 11 heavy (non-hydrogen) atoms. The third-order valence-electron chi connectivity index (χ3n) is 1.37. The summed E-state index contributed by atoms with van der Waals surface area (Å²) in [6.45, 7) is -0.0815. The molecule has 0 saturated carbocycles. The molecule has 1 unspecified atom stereocenters. The number of aliphatic hydroxyl groups excluding tert-OH is 2. The second-order valence-corrected chi connectivity index (χ2v) is 2.66. The van der Waals surface area contributed by atoms with Crippen LogP contribution >= 0.6 is 0 Å². The molecule has 0 radical (unpaired) electrons. The number of carbonyl (C=O) groups excluding carboxylic acids is 1. The summed E-state index contributed by atoms with van der Waals surface area (Å²) in [7, 11) is 3.27. The van der Waals surface area contributed by atoms with Gasteiger partial charge in [0.2, 0.25) is 5.91 Å². The lowest BCUT2D eigenvalue weighted by Gasteiger charge is -2.13. The van der Waals surface area contributed by atoms with Crippen molar-refractivity contribution in [3.63, 3.8) is 0 Å². The molecule has 0 saturated heterocycles. The molecule has 0 aliphatic rings. The molecule has 0 heterocycles. The molecule has 2 N–H and O–H groups in total. The molecule has 66 valence electrons. The Morgan fingerprint density at radius 1 is 1.55 bits per heavy atom. The van der Waals surface area contributed by atoms with E-state index in [9.17, 15) is 4.79 Å². The van der Waals surface area contributed by atoms with Crippen LogP contribution in [0.5, 0.6) is 0 Å². The Morgan fingerprint density at radius 2 is 2.09 bits per heavy atom. The minimum Gasteiger partial charge on any atom is -0.396 e. The first-order chi connectivity index (χ1) is 5.07. The maximum absolute atomic E-state index is 10.9. The van der Waals surface area contributed by atoms with Crippen LogP contribution in [-0.4, -0.2) is 47.8 Å². The summed E-state index contributed by atoms with van der Waals surface area (Å²) in [6, 6.07) is 0. The number of amides is 1. The molecule has 1 atom stereocenters. The first kappa shape index (κ1) is 10.4. The van der Waals surface area contributed by atoms with E-state index in [-0.39, 0.29) is 25.4 Å². The largest absolute Gasteiger partial charge is 0.396 e. The molecule has 4 nitrogen and oxygen atoms in total. The zero-order chi connectivity index (χ0) is 8.85. The van der Waals surface area contributed by atoms with Crippen LogP contribution < -0.4 is 0 Å². The number of rotatable bonds is 4. The Bertz CT molecular complexity index is 125. The highest BCUT2D eigenvalue weighted by atomic mass is 16.3. The van der Waals surface area contributed by atoms with Gasteiger partial charge in [0.05, 0.1) is 12.5 Å². The Balaban J connectivity index is 3.57. The summed E-state index contributed by atoms with van der Waals surface area (Å²) < 4.78 is 0. The summed E-state index contributed by atoms with van der Waals surface area (Å²) in [6.07, 6.45) is -0.359. The standard InChI is InChI=1S/C7H15NO3/c1-8(2)7(11)5-6(10)3-4-9/h6,9-10H,3-5H2,1-2H3. The molecule has 0 spiro atoms. The van der Waals surface area contributed by atoms with Gasteiger partial charge in [0.15, 0.2) is 0 Å². The van der Waals surface area contributed by atoms with Crippen LogP contribution in [0, 0.1) is 0 Å². The van der Waals surface area contributed by atoms with E-state index in [2.05, 4.69) is 0 Å². The molecule has 0 fully saturated rings. The number of aliphatic hydroxyl groups is 2. The molecule has 0 aliphatic carbocycles. The lowest BCUT2D eigenvalue weighted by Crippen LogP contribution is -2.26. The van der Waals surface area contributed by atoms with Crippen molar-refractivity contribution in [2.45, 2.75) is 18.9 Å². The highest BCUT2D eigenvalue weighted by Gasteiger charge is 2.10. The highest BCUT2D eigenvalue weighted by molar-refractivity contribution is 5.75. The van der Waals surface area contributed by atoms with Crippen molar-refractivity contribution in [1.82, 2.24) is 4.90 Å². The summed E-state index contributed by atoms with van der Waals surface area (Å²) in [5.74, 6) is -0.119. The predicted molar refractivity (Wildman–Crippen MR) is 41.0 cm³/mol. The Morgan fingerprint density at radius 3 is 2.45 bits per heavy atom. The van der Waals surface area contributed by atoms with Crippen molar-refractivity contribution >= 4 is 5.91 Å². The smallest absolute Gasteiger partial charge is 0.224 e. The lowest BCUT2D eigenvalue weighted by molar-refractivity contribution is -0.130. The fraction of sp³-hybridized carbons (Fsp3) is 0.857. The molecular formula is C7H15NO3. The second-order valence-electron chi connectivity index (χ2n) is 2.66. The Hall–Kier alpha value is -0.610. The third-order valence-corrected chi connectivity index (χ3v) is 1.37. The molecule has 0 rings (SSSR count). The molecule has 0 aliphatic heterocycles. The molecular weight excluding hydrogens is 146 g/mol. The molecule has 4 heteroatoms. The Labute approximate surface area is 66.4 Å². The van der Waals surface area contributed by atoms with Gasteiger partial charge in [0.25, 0.3) is 0 Å². The molecule has 0 aromatic rings. The van der Waals surface area contributed by atoms with Gasteiger partial charge in [0, 0.05) is 20.7 Å². The van der Waals surface area contributed by atoms with E-state index in [1.165, 1.54) is 4.90 Å². The van der Waals surface area contributed by atoms with Gasteiger partial charge in [-0.3, -0.25) is 4.79 Å². The maximum atomic E-state index is 10.9. The van der Waals surface area contributed by atoms with Gasteiger partial charge in [-0.15, -0.1) is 0 Å². The molecule has 0 bridgehead atoms. The average molecular weight is 161 g/mol. The van der Waals surface area contributed by atoms with E-state index in [4.69, 9.17) is 10.2 Å². The van der Waals surface area contributed by atoms with Gasteiger partial charge in [-0.05, 0) is 6.42 Å². The van der Waals surface area contributed by atoms with Gasteiger partial charge >= 0.3 is 0 Å². The third kappa shape index (κ3) is 4.75. The number of hydrogen-bond acceptors (Lipinski definition) is 3. The number of hydrogen-bond donors (Lipinski definition) is 2. The molecule has 1 amide bonds. The van der Waals surface area contributed by atoms with Crippen LogP contribution in [0.1, 0.15) is 12.8 Å². The van der Waals surface area contributed by atoms with E-state index < -0.39 is 6.10 Å². The van der Waals surface area contributed by atoms with Crippen molar-refractivity contribution in [3.8, 4) is 0 Å². The van der Waals surface area contributed by atoms with Crippen LogP contribution in [0.4, 0.5) is 0 Å². The second kappa shape index (κ2) is 5.09. The van der Waals surface area contributed by atoms with E-state index in [1.807, 2.05) is 0 Å². The van der Waals surface area contributed by atoms with Crippen LogP contribution in [0.25, 0.3) is 0 Å². The monoisotopic (exact) mass is 161 g/mol. The minimum absolute atomic E-state index is 0.0815. The molecule has 0 aromatic heterocycles. The van der Waals surface area contributed by atoms with E-state index in [0.717, 1.165) is 0 Å². The maximum Gasteiger partial charge on any atom is 0.224 e. The van der Waals surface area contributed by atoms with Crippen molar-refractivity contribution in [1.29, 1.82) is 0 Å². The predicted octanol–water partition coefficient (Wildman–Crippen LogP) is -0.792. The van der Waals surface area contributed by atoms with Crippen LogP contribution in [-0.2, 0) is 4.79 Å². The summed E-state index contributed by atoms with van der Waals surface area (Å²) in [5.41, 5.74) is 0. The average Bonchev–Trinajstić information content (AvgIpc) is 1.87. The van der Waals surface area contributed by atoms with Gasteiger partial charge in [-0.25, -0.2) is 0 Å². The fourth-order valence-corrected chi connectivity index (χ4v) is 0.635. The van der Waals surface area contributed by atoms with E-state index in [1.54, 1.807) is 14.1 Å². The summed E-state index contributed by atoms with van der Waals surface area (Å²) in [5, 5.41) is 17.5.